The van der Waals surface area contributed by atoms with Crippen LogP contribution in [0.3, 0.4) is 0 Å². The van der Waals surface area contributed by atoms with Gasteiger partial charge in [0.15, 0.2) is 0 Å². The highest BCUT2D eigenvalue weighted by molar-refractivity contribution is 6.30. The van der Waals surface area contributed by atoms with Crippen LogP contribution in [0.15, 0.2) is 54.6 Å². The molecule has 3 amide bonds. The number of nitrogens with one attached hydrogen (secondary N) is 2. The van der Waals surface area contributed by atoms with Crippen molar-refractivity contribution in [2.45, 2.75) is 50.0 Å². The Balaban J connectivity index is 1.46. The summed E-state index contributed by atoms with van der Waals surface area (Å²) in [6.45, 7) is 1.97. The summed E-state index contributed by atoms with van der Waals surface area (Å²) in [4.78, 5) is 42.4. The number of amides is 3. The van der Waals surface area contributed by atoms with Gasteiger partial charge in [0.25, 0.3) is 0 Å². The van der Waals surface area contributed by atoms with Crippen LogP contribution >= 0.6 is 11.6 Å². The Morgan fingerprint density at radius 1 is 1.11 bits per heavy atom. The van der Waals surface area contributed by atoms with Crippen LogP contribution in [-0.2, 0) is 25.7 Å². The second-order valence-corrected chi connectivity index (χ2v) is 10.2. The van der Waals surface area contributed by atoms with E-state index < -0.39 is 35.0 Å². The monoisotopic (exact) mass is 511 g/mol. The molecular formula is C27H30ClN3O5. The summed E-state index contributed by atoms with van der Waals surface area (Å²) in [6, 6.07) is 15.3. The van der Waals surface area contributed by atoms with Crippen LogP contribution in [-0.4, -0.2) is 58.1 Å². The van der Waals surface area contributed by atoms with E-state index in [9.17, 15) is 19.5 Å². The van der Waals surface area contributed by atoms with Crippen LogP contribution in [0.5, 0.6) is 0 Å². The number of ether oxygens (including phenoxy) is 1. The number of anilines is 1. The topological polar surface area (TPSA) is 108 Å². The smallest absolute Gasteiger partial charge is 0.250 e. The van der Waals surface area contributed by atoms with Crippen molar-refractivity contribution in [2.24, 2.45) is 11.8 Å². The van der Waals surface area contributed by atoms with Crippen LogP contribution in [0.2, 0.25) is 5.02 Å². The Labute approximate surface area is 215 Å². The molecule has 3 N–H and O–H groups in total. The molecule has 0 aliphatic carbocycles. The Kier molecular flexibility index (Phi) is 6.53. The molecule has 2 bridgehead atoms. The molecule has 3 fully saturated rings. The summed E-state index contributed by atoms with van der Waals surface area (Å²) < 4.78 is 6.66. The maximum absolute atomic E-state index is 13.8. The van der Waals surface area contributed by atoms with Crippen molar-refractivity contribution in [3.8, 4) is 0 Å². The molecule has 3 saturated heterocycles. The summed E-state index contributed by atoms with van der Waals surface area (Å²) in [5.74, 6) is -2.49. The number of halogens is 1. The summed E-state index contributed by atoms with van der Waals surface area (Å²) in [5.41, 5.74) is -0.454. The first-order valence-electron chi connectivity index (χ1n) is 12.3. The van der Waals surface area contributed by atoms with Crippen molar-refractivity contribution in [3.05, 3.63) is 65.2 Å². The van der Waals surface area contributed by atoms with Crippen LogP contribution < -0.4 is 10.6 Å². The molecule has 36 heavy (non-hydrogen) atoms. The van der Waals surface area contributed by atoms with E-state index in [1.807, 2.05) is 37.3 Å². The van der Waals surface area contributed by atoms with Crippen LogP contribution in [0, 0.1) is 11.8 Å². The molecule has 5 atom stereocenters. The van der Waals surface area contributed by atoms with Crippen LogP contribution in [0.1, 0.15) is 31.7 Å². The molecule has 2 unspecified atom stereocenters. The van der Waals surface area contributed by atoms with Gasteiger partial charge in [-0.2, -0.15) is 0 Å². The van der Waals surface area contributed by atoms with E-state index >= 15 is 0 Å². The van der Waals surface area contributed by atoms with Gasteiger partial charge in [0, 0.05) is 23.8 Å². The largest absolute Gasteiger partial charge is 0.395 e. The Hall–Kier alpha value is -2.94. The van der Waals surface area contributed by atoms with Gasteiger partial charge in [-0.25, -0.2) is 0 Å². The van der Waals surface area contributed by atoms with Gasteiger partial charge in [-0.05, 0) is 49.1 Å². The number of hydrogen-bond donors (Lipinski definition) is 3. The normalized spacial score (nSPS) is 30.4. The van der Waals surface area contributed by atoms with Gasteiger partial charge < -0.3 is 25.4 Å². The number of fused-ring (bicyclic) bond motifs is 1. The van der Waals surface area contributed by atoms with E-state index in [2.05, 4.69) is 10.6 Å². The number of nitrogens with zero attached hydrogens (tertiary/aromatic N) is 1. The quantitative estimate of drug-likeness (QED) is 0.505. The fourth-order valence-corrected chi connectivity index (χ4v) is 6.53. The SMILES string of the molecule is CC[C@]12CCC3(O1)C(C(=O)Nc1ccc(Cl)cc1)N(CCO)C(=O)[C@@H]3[C@H]2C(=O)NCc1ccccc1. The predicted molar refractivity (Wildman–Crippen MR) is 134 cm³/mol. The molecule has 2 aromatic rings. The molecule has 0 aromatic heterocycles. The number of carbonyl (C=O) groups is 3. The van der Waals surface area contributed by atoms with Gasteiger partial charge in [-0.1, -0.05) is 48.9 Å². The van der Waals surface area contributed by atoms with E-state index in [1.54, 1.807) is 24.3 Å². The highest BCUT2D eigenvalue weighted by Gasteiger charge is 2.78. The maximum atomic E-state index is 13.8. The van der Waals surface area contributed by atoms with E-state index in [0.29, 0.717) is 36.5 Å². The van der Waals surface area contributed by atoms with E-state index in [4.69, 9.17) is 16.3 Å². The molecule has 5 rings (SSSR count). The Morgan fingerprint density at radius 2 is 1.83 bits per heavy atom. The van der Waals surface area contributed by atoms with Gasteiger partial charge >= 0.3 is 0 Å². The predicted octanol–water partition coefficient (Wildman–Crippen LogP) is 2.74. The molecule has 3 aliphatic heterocycles. The lowest BCUT2D eigenvalue weighted by molar-refractivity contribution is -0.146. The Morgan fingerprint density at radius 3 is 2.50 bits per heavy atom. The minimum absolute atomic E-state index is 0.0172. The van der Waals surface area contributed by atoms with Crippen LogP contribution in [0.25, 0.3) is 0 Å². The molecule has 9 heteroatoms. The lowest BCUT2D eigenvalue weighted by atomic mass is 9.65. The van der Waals surface area contributed by atoms with Gasteiger partial charge in [-0.3, -0.25) is 14.4 Å². The van der Waals surface area contributed by atoms with Crippen molar-refractivity contribution in [1.29, 1.82) is 0 Å². The third-order valence-electron chi connectivity index (χ3n) is 7.97. The number of hydrogen-bond acceptors (Lipinski definition) is 5. The minimum Gasteiger partial charge on any atom is -0.395 e. The molecule has 3 aliphatic rings. The highest BCUT2D eigenvalue weighted by Crippen LogP contribution is 2.64. The first-order valence-corrected chi connectivity index (χ1v) is 12.7. The average molecular weight is 512 g/mol. The average Bonchev–Trinajstić information content (AvgIpc) is 3.49. The summed E-state index contributed by atoms with van der Waals surface area (Å²) in [6.07, 6.45) is 1.61. The van der Waals surface area contributed by atoms with Gasteiger partial charge in [0.05, 0.1) is 24.0 Å². The van der Waals surface area contributed by atoms with E-state index in [0.717, 1.165) is 5.56 Å². The van der Waals surface area contributed by atoms with Crippen molar-refractivity contribution in [2.75, 3.05) is 18.5 Å². The molecule has 0 saturated carbocycles. The minimum atomic E-state index is -1.13. The fourth-order valence-electron chi connectivity index (χ4n) is 6.40. The van der Waals surface area contributed by atoms with E-state index in [1.165, 1.54) is 4.90 Å². The molecule has 3 heterocycles. The fraction of sp³-hybridized carbons (Fsp3) is 0.444. The number of rotatable bonds is 8. The van der Waals surface area contributed by atoms with Crippen molar-refractivity contribution < 1.29 is 24.2 Å². The third-order valence-corrected chi connectivity index (χ3v) is 8.23. The number of carbonyl (C=O) groups excluding carboxylic acids is 3. The van der Waals surface area contributed by atoms with Crippen molar-refractivity contribution in [3.63, 3.8) is 0 Å². The number of aliphatic hydroxyl groups excluding tert-OH is 1. The molecule has 1 spiro atoms. The van der Waals surface area contributed by atoms with E-state index in [-0.39, 0.29) is 25.0 Å². The maximum Gasteiger partial charge on any atom is 0.250 e. The summed E-state index contributed by atoms with van der Waals surface area (Å²) >= 11 is 5.97. The second-order valence-electron chi connectivity index (χ2n) is 9.79. The second kappa shape index (κ2) is 9.50. The molecule has 190 valence electrons. The zero-order valence-corrected chi connectivity index (χ0v) is 20.8. The molecule has 2 aromatic carbocycles. The van der Waals surface area contributed by atoms with Crippen molar-refractivity contribution >= 4 is 35.0 Å². The number of benzene rings is 2. The number of likely N-dealkylation sites (tertiary alicyclic amines) is 1. The first-order chi connectivity index (χ1) is 17.3. The molecule has 0 radical (unpaired) electrons. The molecule has 8 nitrogen and oxygen atoms in total. The third kappa shape index (κ3) is 3.88. The number of β-amino-alcohol motifs (C(OH)–C–C–N with tert-alkyl or cyclic N) is 1. The summed E-state index contributed by atoms with van der Waals surface area (Å²) in [7, 11) is 0. The zero-order chi connectivity index (χ0) is 25.5. The van der Waals surface area contributed by atoms with Gasteiger partial charge in [-0.15, -0.1) is 0 Å². The van der Waals surface area contributed by atoms with Gasteiger partial charge in [0.2, 0.25) is 17.7 Å². The lowest BCUT2D eigenvalue weighted by Crippen LogP contribution is -2.53. The highest BCUT2D eigenvalue weighted by atomic mass is 35.5. The molecular weight excluding hydrogens is 482 g/mol. The Bertz CT molecular complexity index is 1160. The first kappa shape index (κ1) is 24.7. The van der Waals surface area contributed by atoms with Crippen LogP contribution in [0.4, 0.5) is 5.69 Å². The van der Waals surface area contributed by atoms with Crippen molar-refractivity contribution in [1.82, 2.24) is 10.2 Å². The standard InChI is InChI=1S/C27H30ClN3O5/c1-2-26-12-13-27(36-26)21(20(26)23(33)29-16-17-6-4-3-5-7-17)25(35)31(14-15-32)22(27)24(34)30-19-10-8-18(28)9-11-19/h3-11,20-22,32H,2,12-16H2,1H3,(H,29,33)(H,30,34)/t20-,21-,22?,26+,27?/m0/s1. The zero-order valence-electron chi connectivity index (χ0n) is 20.1. The van der Waals surface area contributed by atoms with Gasteiger partial charge in [0.1, 0.15) is 11.6 Å². The number of aliphatic hydroxyl groups is 1. The summed E-state index contributed by atoms with van der Waals surface area (Å²) in [5, 5.41) is 16.1. The lowest BCUT2D eigenvalue weighted by Gasteiger charge is -2.34.